The standard InChI is InChI=1S/C22H27NO3/c1-3-4-15-23-20(24)19-16-22(26-21(19,2)25,17-11-7-5-8-12-17)18-13-9-6-10-14-18/h5-14,19,25H,3-4,15-16H2,1-2H3,(H,23,24). The summed E-state index contributed by atoms with van der Waals surface area (Å²) in [5, 5.41) is 13.9. The molecule has 138 valence electrons. The molecular formula is C22H27NO3. The molecule has 4 heteroatoms. The minimum atomic E-state index is -1.54. The second kappa shape index (κ2) is 7.60. The summed E-state index contributed by atoms with van der Waals surface area (Å²) in [6, 6.07) is 19.6. The van der Waals surface area contributed by atoms with Crippen LogP contribution in [-0.4, -0.2) is 23.3 Å². The highest BCUT2D eigenvalue weighted by molar-refractivity contribution is 5.80. The Labute approximate surface area is 155 Å². The number of aliphatic hydroxyl groups is 1. The fraction of sp³-hybridized carbons (Fsp3) is 0.409. The van der Waals surface area contributed by atoms with E-state index in [0.29, 0.717) is 13.0 Å². The van der Waals surface area contributed by atoms with Gasteiger partial charge in [0.05, 0.1) is 5.92 Å². The van der Waals surface area contributed by atoms with Crippen molar-refractivity contribution >= 4 is 5.91 Å². The molecule has 26 heavy (non-hydrogen) atoms. The SMILES string of the molecule is CCCCNC(=O)C1CC(c2ccccc2)(c2ccccc2)OC1(C)O. The molecule has 2 N–H and O–H groups in total. The van der Waals surface area contributed by atoms with E-state index in [2.05, 4.69) is 12.2 Å². The number of carbonyl (C=O) groups excluding carboxylic acids is 1. The van der Waals surface area contributed by atoms with E-state index < -0.39 is 17.3 Å². The van der Waals surface area contributed by atoms with Gasteiger partial charge in [0, 0.05) is 13.0 Å². The minimum absolute atomic E-state index is 0.155. The summed E-state index contributed by atoms with van der Waals surface area (Å²) < 4.78 is 6.24. The van der Waals surface area contributed by atoms with Crippen LogP contribution in [0.2, 0.25) is 0 Å². The summed E-state index contributed by atoms with van der Waals surface area (Å²) in [6.07, 6.45) is 2.33. The molecule has 2 atom stereocenters. The van der Waals surface area contributed by atoms with Crippen molar-refractivity contribution in [3.8, 4) is 0 Å². The molecule has 0 radical (unpaired) electrons. The second-order valence-electron chi connectivity index (χ2n) is 7.12. The first-order valence-corrected chi connectivity index (χ1v) is 9.31. The van der Waals surface area contributed by atoms with Gasteiger partial charge in [-0.2, -0.15) is 0 Å². The minimum Gasteiger partial charge on any atom is -0.365 e. The van der Waals surface area contributed by atoms with Gasteiger partial charge in [-0.25, -0.2) is 0 Å². The van der Waals surface area contributed by atoms with Gasteiger partial charge < -0.3 is 15.2 Å². The number of nitrogens with one attached hydrogen (secondary N) is 1. The van der Waals surface area contributed by atoms with Crippen molar-refractivity contribution in [2.24, 2.45) is 5.92 Å². The number of hydrogen-bond acceptors (Lipinski definition) is 3. The molecule has 2 aromatic rings. The molecular weight excluding hydrogens is 326 g/mol. The van der Waals surface area contributed by atoms with Gasteiger partial charge in [0.1, 0.15) is 5.60 Å². The number of amides is 1. The Bertz CT molecular complexity index is 688. The molecule has 1 saturated heterocycles. The number of carbonyl (C=O) groups is 1. The van der Waals surface area contributed by atoms with Crippen LogP contribution in [0.15, 0.2) is 60.7 Å². The van der Waals surface area contributed by atoms with Crippen molar-refractivity contribution in [2.75, 3.05) is 6.54 Å². The first-order valence-electron chi connectivity index (χ1n) is 9.31. The van der Waals surface area contributed by atoms with Gasteiger partial charge in [-0.05, 0) is 24.5 Å². The molecule has 4 nitrogen and oxygen atoms in total. The van der Waals surface area contributed by atoms with Crippen molar-refractivity contribution in [3.63, 3.8) is 0 Å². The summed E-state index contributed by atoms with van der Waals surface area (Å²) in [7, 11) is 0. The van der Waals surface area contributed by atoms with E-state index in [1.807, 2.05) is 60.7 Å². The van der Waals surface area contributed by atoms with E-state index >= 15 is 0 Å². The summed E-state index contributed by atoms with van der Waals surface area (Å²) in [5.74, 6) is -2.33. The van der Waals surface area contributed by atoms with Crippen LogP contribution in [0.1, 0.15) is 44.2 Å². The van der Waals surface area contributed by atoms with Crippen LogP contribution < -0.4 is 5.32 Å². The number of hydrogen-bond donors (Lipinski definition) is 2. The number of unbranched alkanes of at least 4 members (excludes halogenated alkanes) is 1. The highest BCUT2D eigenvalue weighted by Crippen LogP contribution is 2.51. The van der Waals surface area contributed by atoms with Crippen molar-refractivity contribution in [1.29, 1.82) is 0 Å². The van der Waals surface area contributed by atoms with E-state index in [1.165, 1.54) is 0 Å². The third-order valence-electron chi connectivity index (χ3n) is 5.15. The lowest BCUT2D eigenvalue weighted by atomic mass is 9.80. The zero-order valence-electron chi connectivity index (χ0n) is 15.4. The van der Waals surface area contributed by atoms with Gasteiger partial charge in [0.2, 0.25) is 5.91 Å². The Morgan fingerprint density at radius 2 is 1.65 bits per heavy atom. The average Bonchev–Trinajstić information content (AvgIpc) is 2.96. The molecule has 1 fully saturated rings. The summed E-state index contributed by atoms with van der Waals surface area (Å²) >= 11 is 0. The third-order valence-corrected chi connectivity index (χ3v) is 5.15. The van der Waals surface area contributed by atoms with Gasteiger partial charge in [-0.3, -0.25) is 4.79 Å². The Kier molecular flexibility index (Phi) is 5.44. The van der Waals surface area contributed by atoms with Crippen molar-refractivity contribution in [2.45, 2.75) is 44.5 Å². The van der Waals surface area contributed by atoms with E-state index in [0.717, 1.165) is 24.0 Å². The van der Waals surface area contributed by atoms with Crippen LogP contribution >= 0.6 is 0 Å². The maximum atomic E-state index is 12.7. The van der Waals surface area contributed by atoms with Gasteiger partial charge in [-0.15, -0.1) is 0 Å². The highest BCUT2D eigenvalue weighted by atomic mass is 16.6. The molecule has 0 saturated carbocycles. The van der Waals surface area contributed by atoms with Crippen LogP contribution in [0.25, 0.3) is 0 Å². The van der Waals surface area contributed by atoms with Crippen LogP contribution in [0.5, 0.6) is 0 Å². The van der Waals surface area contributed by atoms with Gasteiger partial charge in [0.25, 0.3) is 0 Å². The lowest BCUT2D eigenvalue weighted by Gasteiger charge is -2.32. The van der Waals surface area contributed by atoms with Crippen LogP contribution in [0, 0.1) is 5.92 Å². The predicted octanol–water partition coefficient (Wildman–Crippen LogP) is 3.59. The fourth-order valence-electron chi connectivity index (χ4n) is 3.72. The normalized spacial score (nSPS) is 24.3. The van der Waals surface area contributed by atoms with Crippen molar-refractivity contribution < 1.29 is 14.6 Å². The second-order valence-corrected chi connectivity index (χ2v) is 7.12. The molecule has 3 rings (SSSR count). The zero-order valence-corrected chi connectivity index (χ0v) is 15.4. The van der Waals surface area contributed by atoms with E-state index in [1.54, 1.807) is 6.92 Å². The monoisotopic (exact) mass is 353 g/mol. The molecule has 0 bridgehead atoms. The molecule has 1 aliphatic heterocycles. The smallest absolute Gasteiger partial charge is 0.228 e. The van der Waals surface area contributed by atoms with Gasteiger partial charge in [-0.1, -0.05) is 74.0 Å². The van der Waals surface area contributed by atoms with Crippen molar-refractivity contribution in [3.05, 3.63) is 71.8 Å². The van der Waals surface area contributed by atoms with Crippen LogP contribution in [0.3, 0.4) is 0 Å². The van der Waals surface area contributed by atoms with Crippen LogP contribution in [-0.2, 0) is 15.1 Å². The van der Waals surface area contributed by atoms with E-state index in [-0.39, 0.29) is 5.91 Å². The summed E-state index contributed by atoms with van der Waals surface area (Å²) in [5.41, 5.74) is 1.03. The molecule has 2 aromatic carbocycles. The Balaban J connectivity index is 1.98. The number of rotatable bonds is 6. The van der Waals surface area contributed by atoms with Gasteiger partial charge >= 0.3 is 0 Å². The number of ether oxygens (including phenoxy) is 1. The number of benzene rings is 2. The highest BCUT2D eigenvalue weighted by Gasteiger charge is 2.57. The first kappa shape index (κ1) is 18.6. The maximum Gasteiger partial charge on any atom is 0.228 e. The summed E-state index contributed by atoms with van der Waals surface area (Å²) in [4.78, 5) is 12.7. The third kappa shape index (κ3) is 3.53. The van der Waals surface area contributed by atoms with Crippen molar-refractivity contribution in [1.82, 2.24) is 5.32 Å². The Hall–Kier alpha value is -2.17. The molecule has 1 aliphatic rings. The summed E-state index contributed by atoms with van der Waals surface area (Å²) in [6.45, 7) is 4.28. The van der Waals surface area contributed by atoms with E-state index in [4.69, 9.17) is 4.74 Å². The first-order chi connectivity index (χ1) is 12.5. The Morgan fingerprint density at radius 3 is 2.15 bits per heavy atom. The lowest BCUT2D eigenvalue weighted by molar-refractivity contribution is -0.219. The largest absolute Gasteiger partial charge is 0.365 e. The van der Waals surface area contributed by atoms with Gasteiger partial charge in [0.15, 0.2) is 5.79 Å². The molecule has 1 amide bonds. The quantitative estimate of drug-likeness (QED) is 0.780. The average molecular weight is 353 g/mol. The molecule has 2 unspecified atom stereocenters. The Morgan fingerprint density at radius 1 is 1.12 bits per heavy atom. The van der Waals surface area contributed by atoms with Crippen LogP contribution in [0.4, 0.5) is 0 Å². The maximum absolute atomic E-state index is 12.7. The molecule has 0 aromatic heterocycles. The topological polar surface area (TPSA) is 58.6 Å². The molecule has 1 heterocycles. The van der Waals surface area contributed by atoms with E-state index in [9.17, 15) is 9.90 Å². The molecule has 0 spiro atoms. The molecule has 0 aliphatic carbocycles. The zero-order chi connectivity index (χ0) is 18.6. The lowest BCUT2D eigenvalue weighted by Crippen LogP contribution is -2.42. The predicted molar refractivity (Wildman–Crippen MR) is 101 cm³/mol. The fourth-order valence-corrected chi connectivity index (χ4v) is 3.72.